The van der Waals surface area contributed by atoms with Crippen LogP contribution in [0.5, 0.6) is 0 Å². The molecule has 0 fully saturated rings. The zero-order chi connectivity index (χ0) is 17.5. The molecular weight excluding hydrogens is 474 g/mol. The number of nitrogens with one attached hydrogen (secondary N) is 2. The normalized spacial score (nSPS) is 11.2. The van der Waals surface area contributed by atoms with Crippen LogP contribution in [0.2, 0.25) is 5.02 Å². The summed E-state index contributed by atoms with van der Waals surface area (Å²) in [5, 5.41) is 8.08. The maximum Gasteiger partial charge on any atom is 0.191 e. The molecule has 2 aromatic rings. The number of aliphatic imine (C=N–C) groups is 1. The molecule has 0 radical (unpaired) electrons. The minimum Gasteiger partial charge on any atom is -0.356 e. The Hall–Kier alpha value is -0.930. The molecule has 0 saturated heterocycles. The molecule has 0 aliphatic rings. The molecule has 4 nitrogen and oxygen atoms in total. The zero-order valence-corrected chi connectivity index (χ0v) is 18.4. The first-order valence-electron chi connectivity index (χ1n) is 7.81. The minimum absolute atomic E-state index is 0. The SMILES string of the molecule is CN=C(NCCc1nc(C)c(C)s1)NCCc1ccc(F)cc1Cl.I. The second-order valence-electron chi connectivity index (χ2n) is 5.41. The summed E-state index contributed by atoms with van der Waals surface area (Å²) in [6.07, 6.45) is 1.56. The van der Waals surface area contributed by atoms with Crippen molar-refractivity contribution in [2.75, 3.05) is 20.1 Å². The monoisotopic (exact) mass is 496 g/mol. The number of nitrogens with zero attached hydrogens (tertiary/aromatic N) is 2. The van der Waals surface area contributed by atoms with E-state index in [1.165, 1.54) is 17.0 Å². The molecule has 2 rings (SSSR count). The van der Waals surface area contributed by atoms with Crippen LogP contribution < -0.4 is 10.6 Å². The molecule has 1 aromatic carbocycles. The van der Waals surface area contributed by atoms with Crippen LogP contribution in [-0.2, 0) is 12.8 Å². The van der Waals surface area contributed by atoms with E-state index in [0.717, 1.165) is 35.2 Å². The Morgan fingerprint density at radius 3 is 2.48 bits per heavy atom. The predicted molar refractivity (Wildman–Crippen MR) is 115 cm³/mol. The average molecular weight is 497 g/mol. The van der Waals surface area contributed by atoms with Crippen LogP contribution in [-0.4, -0.2) is 31.1 Å². The lowest BCUT2D eigenvalue weighted by Gasteiger charge is -2.12. The number of benzene rings is 1. The van der Waals surface area contributed by atoms with Crippen LogP contribution in [0.4, 0.5) is 4.39 Å². The number of aryl methyl sites for hydroxylation is 2. The molecule has 0 aliphatic carbocycles. The molecule has 0 spiro atoms. The second kappa shape index (κ2) is 10.9. The van der Waals surface area contributed by atoms with Gasteiger partial charge in [0.05, 0.1) is 10.7 Å². The van der Waals surface area contributed by atoms with Crippen LogP contribution in [0.25, 0.3) is 0 Å². The van der Waals surface area contributed by atoms with E-state index in [-0.39, 0.29) is 29.8 Å². The van der Waals surface area contributed by atoms with Gasteiger partial charge in [0.15, 0.2) is 5.96 Å². The van der Waals surface area contributed by atoms with Crippen LogP contribution in [0, 0.1) is 19.7 Å². The molecule has 25 heavy (non-hydrogen) atoms. The van der Waals surface area contributed by atoms with Crippen molar-refractivity contribution in [2.45, 2.75) is 26.7 Å². The lowest BCUT2D eigenvalue weighted by atomic mass is 10.1. The quantitative estimate of drug-likeness (QED) is 0.359. The van der Waals surface area contributed by atoms with Gasteiger partial charge >= 0.3 is 0 Å². The number of hydrogen-bond donors (Lipinski definition) is 2. The molecule has 0 atom stereocenters. The van der Waals surface area contributed by atoms with Crippen molar-refractivity contribution in [2.24, 2.45) is 4.99 Å². The van der Waals surface area contributed by atoms with E-state index >= 15 is 0 Å². The molecule has 1 aromatic heterocycles. The topological polar surface area (TPSA) is 49.3 Å². The summed E-state index contributed by atoms with van der Waals surface area (Å²) >= 11 is 7.76. The van der Waals surface area contributed by atoms with Gasteiger partial charge in [0.2, 0.25) is 0 Å². The van der Waals surface area contributed by atoms with Crippen molar-refractivity contribution in [3.05, 3.63) is 50.2 Å². The van der Waals surface area contributed by atoms with E-state index in [2.05, 4.69) is 27.5 Å². The highest BCUT2D eigenvalue weighted by molar-refractivity contribution is 14.0. The molecule has 0 amide bonds. The van der Waals surface area contributed by atoms with Crippen molar-refractivity contribution >= 4 is 52.9 Å². The van der Waals surface area contributed by atoms with Gasteiger partial charge in [0, 0.05) is 36.5 Å². The standard InChI is InChI=1S/C17H22ClFN4S.HI/c1-11-12(2)24-16(23-11)7-9-22-17(20-3)21-8-6-13-4-5-14(19)10-15(13)18;/h4-5,10H,6-9H2,1-3H3,(H2,20,21,22);1H. The van der Waals surface area contributed by atoms with Crippen LogP contribution in [0.15, 0.2) is 23.2 Å². The van der Waals surface area contributed by atoms with Gasteiger partial charge in [-0.2, -0.15) is 0 Å². The molecule has 1 heterocycles. The third-order valence-electron chi connectivity index (χ3n) is 3.63. The second-order valence-corrected chi connectivity index (χ2v) is 7.11. The van der Waals surface area contributed by atoms with Crippen molar-refractivity contribution < 1.29 is 4.39 Å². The van der Waals surface area contributed by atoms with Crippen molar-refractivity contribution in [1.29, 1.82) is 0 Å². The Kier molecular flexibility index (Phi) is 9.66. The first-order chi connectivity index (χ1) is 11.5. The summed E-state index contributed by atoms with van der Waals surface area (Å²) in [5.74, 6) is 0.417. The highest BCUT2D eigenvalue weighted by atomic mass is 127. The summed E-state index contributed by atoms with van der Waals surface area (Å²) in [5.41, 5.74) is 2.02. The smallest absolute Gasteiger partial charge is 0.191 e. The van der Waals surface area contributed by atoms with Gasteiger partial charge in [-0.3, -0.25) is 4.99 Å². The molecular formula is C17H23ClFIN4S. The number of aromatic nitrogens is 1. The molecule has 0 saturated carbocycles. The summed E-state index contributed by atoms with van der Waals surface area (Å²) < 4.78 is 13.0. The Morgan fingerprint density at radius 2 is 1.92 bits per heavy atom. The minimum atomic E-state index is -0.318. The maximum absolute atomic E-state index is 13.0. The first kappa shape index (κ1) is 22.1. The highest BCUT2D eigenvalue weighted by Crippen LogP contribution is 2.17. The van der Waals surface area contributed by atoms with Gasteiger partial charge in [-0.1, -0.05) is 17.7 Å². The molecule has 138 valence electrons. The summed E-state index contributed by atoms with van der Waals surface area (Å²) in [7, 11) is 1.73. The number of guanidine groups is 1. The van der Waals surface area contributed by atoms with Crippen LogP contribution in [0.1, 0.15) is 21.1 Å². The third kappa shape index (κ3) is 7.07. The van der Waals surface area contributed by atoms with E-state index in [1.807, 2.05) is 6.92 Å². The fraction of sp³-hybridized carbons (Fsp3) is 0.412. The van der Waals surface area contributed by atoms with Gasteiger partial charge in [-0.05, 0) is 38.0 Å². The summed E-state index contributed by atoms with van der Waals surface area (Å²) in [6, 6.07) is 4.47. The Labute approximate surface area is 174 Å². The number of halogens is 3. The van der Waals surface area contributed by atoms with E-state index in [9.17, 15) is 4.39 Å². The molecule has 2 N–H and O–H groups in total. The van der Waals surface area contributed by atoms with E-state index < -0.39 is 0 Å². The van der Waals surface area contributed by atoms with Gasteiger partial charge in [-0.25, -0.2) is 9.37 Å². The molecule has 8 heteroatoms. The fourth-order valence-corrected chi connectivity index (χ4v) is 3.39. The van der Waals surface area contributed by atoms with Gasteiger partial charge in [0.1, 0.15) is 5.82 Å². The fourth-order valence-electron chi connectivity index (χ4n) is 2.19. The lowest BCUT2D eigenvalue weighted by Crippen LogP contribution is -2.39. The largest absolute Gasteiger partial charge is 0.356 e. The Bertz CT molecular complexity index is 701. The van der Waals surface area contributed by atoms with Gasteiger partial charge in [-0.15, -0.1) is 35.3 Å². The Morgan fingerprint density at radius 1 is 1.24 bits per heavy atom. The van der Waals surface area contributed by atoms with Gasteiger partial charge < -0.3 is 10.6 Å². The number of hydrogen-bond acceptors (Lipinski definition) is 3. The van der Waals surface area contributed by atoms with Gasteiger partial charge in [0.25, 0.3) is 0 Å². The van der Waals surface area contributed by atoms with Crippen molar-refractivity contribution in [3.63, 3.8) is 0 Å². The molecule has 0 unspecified atom stereocenters. The van der Waals surface area contributed by atoms with Crippen molar-refractivity contribution in [3.8, 4) is 0 Å². The summed E-state index contributed by atoms with van der Waals surface area (Å²) in [4.78, 5) is 9.99. The maximum atomic E-state index is 13.0. The predicted octanol–water partition coefficient (Wildman–Crippen LogP) is 4.12. The lowest BCUT2D eigenvalue weighted by molar-refractivity contribution is 0.627. The van der Waals surface area contributed by atoms with E-state index in [4.69, 9.17) is 11.6 Å². The van der Waals surface area contributed by atoms with E-state index in [0.29, 0.717) is 18.0 Å². The van der Waals surface area contributed by atoms with Crippen molar-refractivity contribution in [1.82, 2.24) is 15.6 Å². The summed E-state index contributed by atoms with van der Waals surface area (Å²) in [6.45, 7) is 5.55. The number of thiazole rings is 1. The van der Waals surface area contributed by atoms with Crippen LogP contribution >= 0.6 is 46.9 Å². The third-order valence-corrected chi connectivity index (χ3v) is 5.11. The number of rotatable bonds is 6. The zero-order valence-electron chi connectivity index (χ0n) is 14.5. The Balaban J connectivity index is 0.00000312. The average Bonchev–Trinajstić information content (AvgIpc) is 2.86. The molecule has 0 bridgehead atoms. The molecule has 0 aliphatic heterocycles. The van der Waals surface area contributed by atoms with Crippen LogP contribution in [0.3, 0.4) is 0 Å². The first-order valence-corrected chi connectivity index (χ1v) is 9.00. The van der Waals surface area contributed by atoms with E-state index in [1.54, 1.807) is 24.5 Å². The highest BCUT2D eigenvalue weighted by Gasteiger charge is 2.05.